The maximum atomic E-state index is 13.2. The number of fused-ring (bicyclic) bond motifs is 1. The summed E-state index contributed by atoms with van der Waals surface area (Å²) in [5.41, 5.74) is 0.109. The highest BCUT2D eigenvalue weighted by Crippen LogP contribution is 2.24. The molecule has 1 amide bonds. The highest BCUT2D eigenvalue weighted by atomic mass is 19.1. The van der Waals surface area contributed by atoms with Crippen LogP contribution in [0.3, 0.4) is 0 Å². The molecule has 104 valence electrons. The number of benzene rings is 1. The maximum absolute atomic E-state index is 13.2. The van der Waals surface area contributed by atoms with E-state index >= 15 is 0 Å². The van der Waals surface area contributed by atoms with Crippen molar-refractivity contribution in [2.75, 3.05) is 13.2 Å². The van der Waals surface area contributed by atoms with Gasteiger partial charge in [0.05, 0.1) is 13.1 Å². The van der Waals surface area contributed by atoms with Gasteiger partial charge in [-0.1, -0.05) is 0 Å². The fourth-order valence-corrected chi connectivity index (χ4v) is 1.85. The zero-order valence-corrected chi connectivity index (χ0v) is 11.4. The van der Waals surface area contributed by atoms with Crippen LogP contribution in [0, 0.1) is 5.82 Å². The van der Waals surface area contributed by atoms with Gasteiger partial charge >= 0.3 is 6.09 Å². The van der Waals surface area contributed by atoms with Crippen molar-refractivity contribution in [2.24, 2.45) is 0 Å². The summed E-state index contributed by atoms with van der Waals surface area (Å²) in [5, 5.41) is 0. The fraction of sp³-hybridized carbons (Fsp3) is 0.500. The number of hydrogen-bond acceptors (Lipinski definition) is 3. The third kappa shape index (κ3) is 3.59. The highest BCUT2D eigenvalue weighted by Gasteiger charge is 2.25. The number of nitrogens with zero attached hydrogens (tertiary/aromatic N) is 1. The van der Waals surface area contributed by atoms with E-state index in [-0.39, 0.29) is 5.82 Å². The lowest BCUT2D eigenvalue weighted by Crippen LogP contribution is -2.37. The van der Waals surface area contributed by atoms with Crippen molar-refractivity contribution in [2.45, 2.75) is 32.9 Å². The van der Waals surface area contributed by atoms with Gasteiger partial charge in [0.1, 0.15) is 23.8 Å². The third-order valence-electron chi connectivity index (χ3n) is 2.65. The van der Waals surface area contributed by atoms with Crippen molar-refractivity contribution in [3.05, 3.63) is 29.6 Å². The number of rotatable bonds is 0. The molecule has 2 rings (SSSR count). The molecule has 0 N–H and O–H groups in total. The molecule has 1 aromatic carbocycles. The minimum absolute atomic E-state index is 0.294. The average Bonchev–Trinajstić information content (AvgIpc) is 2.48. The summed E-state index contributed by atoms with van der Waals surface area (Å²) in [6.07, 6.45) is -0.409. The van der Waals surface area contributed by atoms with Crippen LogP contribution in [0.15, 0.2) is 18.2 Å². The largest absolute Gasteiger partial charge is 0.491 e. The molecule has 0 bridgehead atoms. The standard InChI is InChI=1S/C14H18FNO3/c1-14(2,3)19-13(17)16-6-7-18-12-5-4-11(15)8-10(12)9-16/h4-5,8H,6-7,9H2,1-3H3. The Bertz CT molecular complexity index is 482. The molecule has 0 atom stereocenters. The second kappa shape index (κ2) is 5.07. The number of amides is 1. The summed E-state index contributed by atoms with van der Waals surface area (Å²) in [7, 11) is 0. The molecule has 1 aliphatic rings. The van der Waals surface area contributed by atoms with E-state index in [1.54, 1.807) is 6.07 Å². The zero-order chi connectivity index (χ0) is 14.0. The third-order valence-corrected chi connectivity index (χ3v) is 2.65. The van der Waals surface area contributed by atoms with Crippen LogP contribution in [0.2, 0.25) is 0 Å². The van der Waals surface area contributed by atoms with Crippen molar-refractivity contribution < 1.29 is 18.7 Å². The van der Waals surface area contributed by atoms with Crippen molar-refractivity contribution in [3.63, 3.8) is 0 Å². The van der Waals surface area contributed by atoms with Gasteiger partial charge in [-0.25, -0.2) is 9.18 Å². The summed E-state index contributed by atoms with van der Waals surface area (Å²) in [6, 6.07) is 4.32. The first-order valence-electron chi connectivity index (χ1n) is 6.24. The number of carbonyl (C=O) groups is 1. The van der Waals surface area contributed by atoms with Crippen molar-refractivity contribution in [3.8, 4) is 5.75 Å². The summed E-state index contributed by atoms with van der Waals surface area (Å²) in [6.45, 7) is 6.53. The molecule has 0 radical (unpaired) electrons. The molecule has 0 spiro atoms. The number of hydrogen-bond donors (Lipinski definition) is 0. The zero-order valence-electron chi connectivity index (χ0n) is 11.4. The number of ether oxygens (including phenoxy) is 2. The molecule has 1 heterocycles. The van der Waals surface area contributed by atoms with Gasteiger partial charge in [-0.05, 0) is 39.0 Å². The van der Waals surface area contributed by atoms with Crippen molar-refractivity contribution >= 4 is 6.09 Å². The lowest BCUT2D eigenvalue weighted by molar-refractivity contribution is 0.0225. The lowest BCUT2D eigenvalue weighted by atomic mass is 10.2. The van der Waals surface area contributed by atoms with Gasteiger partial charge in [0.15, 0.2) is 0 Å². The minimum Gasteiger partial charge on any atom is -0.491 e. The second-order valence-electron chi connectivity index (χ2n) is 5.50. The van der Waals surface area contributed by atoms with E-state index in [1.807, 2.05) is 20.8 Å². The van der Waals surface area contributed by atoms with E-state index in [0.717, 1.165) is 0 Å². The first-order chi connectivity index (χ1) is 8.85. The molecule has 0 saturated heterocycles. The topological polar surface area (TPSA) is 38.8 Å². The van der Waals surface area contributed by atoms with Crippen LogP contribution in [0.5, 0.6) is 5.75 Å². The molecule has 0 saturated carbocycles. The van der Waals surface area contributed by atoms with E-state index in [2.05, 4.69) is 0 Å². The first kappa shape index (κ1) is 13.6. The van der Waals surface area contributed by atoms with E-state index < -0.39 is 11.7 Å². The fourth-order valence-electron chi connectivity index (χ4n) is 1.85. The molecule has 1 aliphatic heterocycles. The predicted octanol–water partition coefficient (Wildman–Crippen LogP) is 2.96. The number of halogens is 1. The normalized spacial score (nSPS) is 15.3. The Hall–Kier alpha value is -1.78. The molecule has 0 unspecified atom stereocenters. The first-order valence-corrected chi connectivity index (χ1v) is 6.24. The van der Waals surface area contributed by atoms with Gasteiger partial charge in [0.25, 0.3) is 0 Å². The molecular formula is C14H18FNO3. The van der Waals surface area contributed by atoms with Crippen LogP contribution in [-0.4, -0.2) is 29.7 Å². The molecule has 1 aromatic rings. The van der Waals surface area contributed by atoms with Gasteiger partial charge in [-0.3, -0.25) is 0 Å². The van der Waals surface area contributed by atoms with Crippen LogP contribution in [0.4, 0.5) is 9.18 Å². The Labute approximate surface area is 112 Å². The van der Waals surface area contributed by atoms with E-state index in [4.69, 9.17) is 9.47 Å². The smallest absolute Gasteiger partial charge is 0.410 e. The van der Waals surface area contributed by atoms with Gasteiger partial charge < -0.3 is 14.4 Å². The highest BCUT2D eigenvalue weighted by molar-refractivity contribution is 5.68. The minimum atomic E-state index is -0.547. The monoisotopic (exact) mass is 267 g/mol. The Morgan fingerprint density at radius 1 is 1.42 bits per heavy atom. The van der Waals surface area contributed by atoms with Gasteiger partial charge in [-0.2, -0.15) is 0 Å². The molecule has 0 aliphatic carbocycles. The van der Waals surface area contributed by atoms with Crippen molar-refractivity contribution in [1.82, 2.24) is 4.90 Å². The molecular weight excluding hydrogens is 249 g/mol. The quantitative estimate of drug-likeness (QED) is 0.725. The van der Waals surface area contributed by atoms with Gasteiger partial charge in [0.2, 0.25) is 0 Å². The van der Waals surface area contributed by atoms with Crippen LogP contribution >= 0.6 is 0 Å². The summed E-state index contributed by atoms with van der Waals surface area (Å²) >= 11 is 0. The molecule has 0 fully saturated rings. The van der Waals surface area contributed by atoms with Gasteiger partial charge in [-0.15, -0.1) is 0 Å². The van der Waals surface area contributed by atoms with E-state index in [1.165, 1.54) is 17.0 Å². The molecule has 19 heavy (non-hydrogen) atoms. The second-order valence-corrected chi connectivity index (χ2v) is 5.50. The Morgan fingerprint density at radius 3 is 2.84 bits per heavy atom. The Kier molecular flexibility index (Phi) is 3.64. The van der Waals surface area contributed by atoms with E-state index in [9.17, 15) is 9.18 Å². The average molecular weight is 267 g/mol. The van der Waals surface area contributed by atoms with Gasteiger partial charge in [0, 0.05) is 5.56 Å². The summed E-state index contributed by atoms with van der Waals surface area (Å²) in [4.78, 5) is 13.5. The molecule has 4 nitrogen and oxygen atoms in total. The maximum Gasteiger partial charge on any atom is 0.410 e. The molecule has 0 aromatic heterocycles. The van der Waals surface area contributed by atoms with Crippen LogP contribution in [-0.2, 0) is 11.3 Å². The Balaban J connectivity index is 2.15. The summed E-state index contributed by atoms with van der Waals surface area (Å²) < 4.78 is 24.0. The Morgan fingerprint density at radius 2 is 2.16 bits per heavy atom. The summed E-state index contributed by atoms with van der Waals surface area (Å²) in [5.74, 6) is 0.279. The van der Waals surface area contributed by atoms with E-state index in [0.29, 0.717) is 31.0 Å². The SMILES string of the molecule is CC(C)(C)OC(=O)N1CCOc2ccc(F)cc2C1. The van der Waals surface area contributed by atoms with Crippen LogP contribution in [0.1, 0.15) is 26.3 Å². The lowest BCUT2D eigenvalue weighted by Gasteiger charge is -2.26. The van der Waals surface area contributed by atoms with Crippen LogP contribution < -0.4 is 4.74 Å². The predicted molar refractivity (Wildman–Crippen MR) is 68.5 cm³/mol. The number of carbonyl (C=O) groups excluding carboxylic acids is 1. The molecule has 5 heteroatoms. The van der Waals surface area contributed by atoms with Crippen LogP contribution in [0.25, 0.3) is 0 Å². The van der Waals surface area contributed by atoms with Crippen molar-refractivity contribution in [1.29, 1.82) is 0 Å².